The predicted octanol–water partition coefficient (Wildman–Crippen LogP) is -1.26. The van der Waals surface area contributed by atoms with Crippen molar-refractivity contribution in [1.29, 1.82) is 0 Å². The largest absolute Gasteiger partial charge is 0.477 e. The van der Waals surface area contributed by atoms with Crippen LogP contribution in [0.5, 0.6) is 0 Å². The quantitative estimate of drug-likeness (QED) is 0.605. The number of aromatic carboxylic acids is 1. The molecule has 1 heterocycles. The number of primary amides is 1. The summed E-state index contributed by atoms with van der Waals surface area (Å²) in [4.78, 5) is 43.3. The van der Waals surface area contributed by atoms with Crippen molar-refractivity contribution in [2.75, 3.05) is 0 Å². The number of carbonyl (C=O) groups is 3. The number of imide groups is 1. The van der Waals surface area contributed by atoms with Gasteiger partial charge in [-0.1, -0.05) is 0 Å². The van der Waals surface area contributed by atoms with Crippen molar-refractivity contribution in [3.8, 4) is 0 Å². The molecule has 17 heavy (non-hydrogen) atoms. The molecule has 0 aliphatic rings. The van der Waals surface area contributed by atoms with Gasteiger partial charge < -0.3 is 15.4 Å². The third-order valence-corrected chi connectivity index (χ3v) is 1.80. The topological polar surface area (TPSA) is 131 Å². The van der Waals surface area contributed by atoms with Gasteiger partial charge in [-0.2, -0.15) is 0 Å². The number of nitrogens with one attached hydrogen (secondary N) is 1. The molecular weight excluding hydrogens is 230 g/mol. The van der Waals surface area contributed by atoms with Crippen molar-refractivity contribution < 1.29 is 19.5 Å². The van der Waals surface area contributed by atoms with Gasteiger partial charge in [-0.25, -0.2) is 9.59 Å². The van der Waals surface area contributed by atoms with Crippen molar-refractivity contribution in [2.45, 2.75) is 6.54 Å². The van der Waals surface area contributed by atoms with Crippen LogP contribution < -0.4 is 16.5 Å². The van der Waals surface area contributed by atoms with Crippen LogP contribution in [0.4, 0.5) is 4.79 Å². The molecule has 3 amide bonds. The molecule has 0 radical (unpaired) electrons. The summed E-state index contributed by atoms with van der Waals surface area (Å²) in [6.07, 6.45) is 2.24. The van der Waals surface area contributed by atoms with Gasteiger partial charge in [0.05, 0.1) is 0 Å². The van der Waals surface area contributed by atoms with E-state index in [0.29, 0.717) is 0 Å². The zero-order valence-electron chi connectivity index (χ0n) is 8.54. The summed E-state index contributed by atoms with van der Waals surface area (Å²) in [6, 6.07) is 0.00979. The summed E-state index contributed by atoms with van der Waals surface area (Å²) in [5.74, 6) is -2.10. The Labute approximate surface area is 94.7 Å². The van der Waals surface area contributed by atoms with Gasteiger partial charge in [0.2, 0.25) is 5.91 Å². The standard InChI is InChI=1S/C9H9N3O5/c10-9(17)11-7(14)4-12-2-1-6(13)5(3-12)8(15)16/h1-3H,4H2,(H,15,16)(H3,10,11,14,17). The second-order valence-electron chi connectivity index (χ2n) is 3.11. The number of carbonyl (C=O) groups excluding carboxylic acids is 2. The molecule has 1 aromatic rings. The van der Waals surface area contributed by atoms with E-state index in [2.05, 4.69) is 0 Å². The van der Waals surface area contributed by atoms with Crippen LogP contribution in [-0.2, 0) is 11.3 Å². The minimum atomic E-state index is -1.39. The van der Waals surface area contributed by atoms with Crippen molar-refractivity contribution in [2.24, 2.45) is 5.73 Å². The van der Waals surface area contributed by atoms with E-state index < -0.39 is 28.9 Å². The van der Waals surface area contributed by atoms with Crippen LogP contribution in [0.1, 0.15) is 10.4 Å². The average molecular weight is 239 g/mol. The van der Waals surface area contributed by atoms with Crippen molar-refractivity contribution in [3.05, 3.63) is 34.2 Å². The maximum absolute atomic E-state index is 11.1. The molecule has 0 aliphatic carbocycles. The molecule has 0 spiro atoms. The zero-order chi connectivity index (χ0) is 13.0. The van der Waals surface area contributed by atoms with Gasteiger partial charge in [0, 0.05) is 18.5 Å². The number of nitrogens with zero attached hydrogens (tertiary/aromatic N) is 1. The lowest BCUT2D eigenvalue weighted by molar-refractivity contribution is -0.120. The van der Waals surface area contributed by atoms with Gasteiger partial charge >= 0.3 is 12.0 Å². The first kappa shape index (κ1) is 12.4. The van der Waals surface area contributed by atoms with Crippen LogP contribution in [0.15, 0.2) is 23.3 Å². The Balaban J connectivity index is 2.90. The van der Waals surface area contributed by atoms with E-state index in [4.69, 9.17) is 10.8 Å². The number of aromatic nitrogens is 1. The Bertz CT molecular complexity index is 534. The third-order valence-electron chi connectivity index (χ3n) is 1.80. The minimum Gasteiger partial charge on any atom is -0.477 e. The van der Waals surface area contributed by atoms with E-state index in [1.807, 2.05) is 5.32 Å². The maximum atomic E-state index is 11.1. The first-order valence-electron chi connectivity index (χ1n) is 4.43. The van der Waals surface area contributed by atoms with Crippen molar-refractivity contribution in [1.82, 2.24) is 9.88 Å². The van der Waals surface area contributed by atoms with Crippen molar-refractivity contribution in [3.63, 3.8) is 0 Å². The highest BCUT2D eigenvalue weighted by atomic mass is 16.4. The molecule has 1 rings (SSSR count). The smallest absolute Gasteiger partial charge is 0.341 e. The van der Waals surface area contributed by atoms with E-state index in [9.17, 15) is 19.2 Å². The van der Waals surface area contributed by atoms with Crippen LogP contribution in [0.3, 0.4) is 0 Å². The molecular formula is C9H9N3O5. The number of amides is 3. The van der Waals surface area contributed by atoms with Gasteiger partial charge in [-0.3, -0.25) is 14.9 Å². The molecule has 8 nitrogen and oxygen atoms in total. The average Bonchev–Trinajstić information content (AvgIpc) is 2.19. The number of urea groups is 1. The highest BCUT2D eigenvalue weighted by Gasteiger charge is 2.10. The van der Waals surface area contributed by atoms with Gasteiger partial charge in [0.25, 0.3) is 0 Å². The number of carboxylic acid groups (broad SMARTS) is 1. The lowest BCUT2D eigenvalue weighted by Gasteiger charge is -2.05. The van der Waals surface area contributed by atoms with E-state index in [0.717, 1.165) is 16.8 Å². The molecule has 0 saturated heterocycles. The van der Waals surface area contributed by atoms with Crippen LogP contribution in [-0.4, -0.2) is 27.6 Å². The Hall–Kier alpha value is -2.64. The van der Waals surface area contributed by atoms with Crippen LogP contribution in [0.2, 0.25) is 0 Å². The molecule has 0 atom stereocenters. The number of rotatable bonds is 3. The molecule has 90 valence electrons. The SMILES string of the molecule is NC(=O)NC(=O)Cn1ccc(=O)c(C(=O)O)c1. The van der Waals surface area contributed by atoms with Gasteiger partial charge in [0.1, 0.15) is 12.1 Å². The number of pyridine rings is 1. The lowest BCUT2D eigenvalue weighted by Crippen LogP contribution is -2.37. The third kappa shape index (κ3) is 3.45. The minimum absolute atomic E-state index is 0.316. The summed E-state index contributed by atoms with van der Waals surface area (Å²) < 4.78 is 1.16. The second kappa shape index (κ2) is 4.92. The number of hydrogen-bond acceptors (Lipinski definition) is 4. The molecule has 0 bridgehead atoms. The molecule has 1 aromatic heterocycles. The van der Waals surface area contributed by atoms with Gasteiger partial charge in [-0.05, 0) is 0 Å². The molecule has 8 heteroatoms. The summed E-state index contributed by atoms with van der Waals surface area (Å²) in [6.45, 7) is -0.316. The number of carboxylic acids is 1. The Morgan fingerprint density at radius 3 is 2.59 bits per heavy atom. The predicted molar refractivity (Wildman–Crippen MR) is 55.4 cm³/mol. The molecule has 0 aromatic carbocycles. The highest BCUT2D eigenvalue weighted by Crippen LogP contribution is 1.93. The van der Waals surface area contributed by atoms with Gasteiger partial charge in [0.15, 0.2) is 5.43 Å². The summed E-state index contributed by atoms with van der Waals surface area (Å²) in [5, 5.41) is 10.5. The fourth-order valence-electron chi connectivity index (χ4n) is 1.13. The second-order valence-corrected chi connectivity index (χ2v) is 3.11. The van der Waals surface area contributed by atoms with E-state index in [-0.39, 0.29) is 6.54 Å². The van der Waals surface area contributed by atoms with Crippen LogP contribution >= 0.6 is 0 Å². The van der Waals surface area contributed by atoms with Gasteiger partial charge in [-0.15, -0.1) is 0 Å². The normalized spacial score (nSPS) is 9.65. The molecule has 0 aliphatic heterocycles. The number of hydrogen-bond donors (Lipinski definition) is 3. The van der Waals surface area contributed by atoms with E-state index in [1.54, 1.807) is 0 Å². The fourth-order valence-corrected chi connectivity index (χ4v) is 1.13. The van der Waals surface area contributed by atoms with Crippen molar-refractivity contribution >= 4 is 17.9 Å². The molecule has 4 N–H and O–H groups in total. The molecule has 0 unspecified atom stereocenters. The molecule has 0 saturated carbocycles. The van der Waals surface area contributed by atoms with E-state index in [1.165, 1.54) is 6.20 Å². The highest BCUT2D eigenvalue weighted by molar-refractivity contribution is 5.93. The lowest BCUT2D eigenvalue weighted by atomic mass is 10.3. The van der Waals surface area contributed by atoms with E-state index >= 15 is 0 Å². The first-order valence-corrected chi connectivity index (χ1v) is 4.43. The Kier molecular flexibility index (Phi) is 3.60. The number of nitrogens with two attached hydrogens (primary N) is 1. The Morgan fingerprint density at radius 2 is 2.06 bits per heavy atom. The first-order chi connectivity index (χ1) is 7.90. The zero-order valence-corrected chi connectivity index (χ0v) is 8.54. The fraction of sp³-hybridized carbons (Fsp3) is 0.111. The molecule has 0 fully saturated rings. The summed E-state index contributed by atoms with van der Waals surface area (Å²) in [7, 11) is 0. The Morgan fingerprint density at radius 1 is 1.41 bits per heavy atom. The van der Waals surface area contributed by atoms with Crippen LogP contribution in [0.25, 0.3) is 0 Å². The summed E-state index contributed by atoms with van der Waals surface area (Å²) in [5.41, 5.74) is 3.60. The monoisotopic (exact) mass is 239 g/mol. The summed E-state index contributed by atoms with van der Waals surface area (Å²) >= 11 is 0. The van der Waals surface area contributed by atoms with Crippen LogP contribution in [0, 0.1) is 0 Å². The maximum Gasteiger partial charge on any atom is 0.341 e.